The Balaban J connectivity index is 3.63. The first-order chi connectivity index (χ1) is 8.91. The number of aliphatic hydroxyl groups is 1. The second-order valence-corrected chi connectivity index (χ2v) is 3.76. The van der Waals surface area contributed by atoms with Crippen LogP contribution in [0.2, 0.25) is 0 Å². The van der Waals surface area contributed by atoms with Gasteiger partial charge in [-0.3, -0.25) is 0 Å². The van der Waals surface area contributed by atoms with Crippen LogP contribution in [0.25, 0.3) is 0 Å². The maximum absolute atomic E-state index is 8.45. The third-order valence-electron chi connectivity index (χ3n) is 2.16. The molecule has 0 aromatic carbocycles. The van der Waals surface area contributed by atoms with Crippen molar-refractivity contribution in [1.82, 2.24) is 0 Å². The molecule has 1 nitrogen and oxygen atoms in total. The summed E-state index contributed by atoms with van der Waals surface area (Å²) in [5.74, 6) is 10.9. The van der Waals surface area contributed by atoms with Gasteiger partial charge in [-0.15, -0.1) is 0 Å². The van der Waals surface area contributed by atoms with E-state index >= 15 is 0 Å². The van der Waals surface area contributed by atoms with E-state index in [4.69, 9.17) is 5.11 Å². The van der Waals surface area contributed by atoms with Crippen molar-refractivity contribution in [3.8, 4) is 23.7 Å². The number of rotatable bonds is 7. The number of aliphatic hydroxyl groups excluding tert-OH is 1. The molecule has 0 amide bonds. The van der Waals surface area contributed by atoms with E-state index in [9.17, 15) is 0 Å². The lowest BCUT2D eigenvalue weighted by Gasteiger charge is -1.92. The molecule has 0 aromatic rings. The van der Waals surface area contributed by atoms with Crippen molar-refractivity contribution < 1.29 is 5.11 Å². The summed E-state index contributed by atoms with van der Waals surface area (Å²) < 4.78 is 0. The van der Waals surface area contributed by atoms with Gasteiger partial charge in [0.25, 0.3) is 0 Å². The molecule has 0 bridgehead atoms. The second-order valence-electron chi connectivity index (χ2n) is 3.76. The van der Waals surface area contributed by atoms with Crippen molar-refractivity contribution in [3.05, 3.63) is 36.5 Å². The summed E-state index contributed by atoms with van der Waals surface area (Å²) in [6, 6.07) is 0. The second kappa shape index (κ2) is 15.3. The summed E-state index contributed by atoms with van der Waals surface area (Å²) in [5.41, 5.74) is 0. The van der Waals surface area contributed by atoms with Crippen LogP contribution in [0.1, 0.15) is 39.0 Å². The monoisotopic (exact) mass is 242 g/mol. The van der Waals surface area contributed by atoms with Gasteiger partial charge in [0.05, 0.1) is 6.61 Å². The van der Waals surface area contributed by atoms with Crippen LogP contribution >= 0.6 is 0 Å². The fraction of sp³-hybridized carbons (Fsp3) is 0.412. The zero-order valence-corrected chi connectivity index (χ0v) is 11.2. The summed E-state index contributed by atoms with van der Waals surface area (Å²) in [7, 11) is 0. The highest BCUT2D eigenvalue weighted by Gasteiger charge is 1.82. The van der Waals surface area contributed by atoms with Crippen molar-refractivity contribution in [3.63, 3.8) is 0 Å². The van der Waals surface area contributed by atoms with Gasteiger partial charge in [-0.1, -0.05) is 62.3 Å². The molecule has 0 rings (SSSR count). The molecule has 0 radical (unpaired) electrons. The lowest BCUT2D eigenvalue weighted by atomic mass is 10.1. The largest absolute Gasteiger partial charge is 0.392 e. The first-order valence-electron chi connectivity index (χ1n) is 6.50. The van der Waals surface area contributed by atoms with Crippen molar-refractivity contribution in [1.29, 1.82) is 0 Å². The predicted molar refractivity (Wildman–Crippen MR) is 78.8 cm³/mol. The highest BCUT2D eigenvalue weighted by Crippen LogP contribution is 2.02. The molecule has 0 heterocycles. The van der Waals surface area contributed by atoms with Gasteiger partial charge in [-0.2, -0.15) is 0 Å². The Hall–Kier alpha value is -1.70. The standard InChI is InChI=1S/C17H22O/c1-2-3-4-5-6-7-8-9-10-11-12-13-14-15-16-17-18/h7-10,15-16,18H,2-6,17H2,1H3. The fourth-order valence-electron chi connectivity index (χ4n) is 1.23. The molecule has 1 heteroatoms. The zero-order valence-electron chi connectivity index (χ0n) is 11.2. The van der Waals surface area contributed by atoms with Crippen LogP contribution in [-0.4, -0.2) is 11.7 Å². The molecule has 0 saturated carbocycles. The van der Waals surface area contributed by atoms with Gasteiger partial charge in [0.2, 0.25) is 0 Å². The topological polar surface area (TPSA) is 20.2 Å². The Bertz CT molecular complexity index is 377. The molecule has 0 saturated heterocycles. The van der Waals surface area contributed by atoms with Gasteiger partial charge < -0.3 is 5.11 Å². The van der Waals surface area contributed by atoms with Gasteiger partial charge in [-0.05, 0) is 36.8 Å². The van der Waals surface area contributed by atoms with E-state index in [1.54, 1.807) is 18.2 Å². The molecule has 0 fully saturated rings. The third-order valence-corrected chi connectivity index (χ3v) is 2.16. The fourth-order valence-corrected chi connectivity index (χ4v) is 1.23. The highest BCUT2D eigenvalue weighted by molar-refractivity contribution is 5.34. The Morgan fingerprint density at radius 1 is 0.889 bits per heavy atom. The Kier molecular flexibility index (Phi) is 13.9. The average molecular weight is 242 g/mol. The normalized spacial score (nSPS) is 10.6. The van der Waals surface area contributed by atoms with E-state index in [0.29, 0.717) is 0 Å². The lowest BCUT2D eigenvalue weighted by Crippen LogP contribution is -1.72. The average Bonchev–Trinajstić information content (AvgIpc) is 2.39. The molecule has 1 N–H and O–H groups in total. The highest BCUT2D eigenvalue weighted by atomic mass is 16.2. The van der Waals surface area contributed by atoms with E-state index in [-0.39, 0.29) is 6.61 Å². The summed E-state index contributed by atoms with van der Waals surface area (Å²) in [5, 5.41) is 8.45. The van der Waals surface area contributed by atoms with Crippen LogP contribution in [0.15, 0.2) is 36.5 Å². The summed E-state index contributed by atoms with van der Waals surface area (Å²) in [6.07, 6.45) is 17.4. The van der Waals surface area contributed by atoms with Gasteiger partial charge in [0.1, 0.15) is 0 Å². The van der Waals surface area contributed by atoms with E-state index in [1.165, 1.54) is 25.7 Å². The summed E-state index contributed by atoms with van der Waals surface area (Å²) in [4.78, 5) is 0. The van der Waals surface area contributed by atoms with Crippen LogP contribution in [0.3, 0.4) is 0 Å². The molecule has 0 aliphatic carbocycles. The van der Waals surface area contributed by atoms with E-state index < -0.39 is 0 Å². The molecule has 0 aliphatic heterocycles. The molecule has 0 unspecified atom stereocenters. The third kappa shape index (κ3) is 14.3. The van der Waals surface area contributed by atoms with Gasteiger partial charge >= 0.3 is 0 Å². The first-order valence-corrected chi connectivity index (χ1v) is 6.50. The van der Waals surface area contributed by atoms with Gasteiger partial charge in [0.15, 0.2) is 0 Å². The predicted octanol–water partition coefficient (Wildman–Crippen LogP) is 3.62. The smallest absolute Gasteiger partial charge is 0.0621 e. The minimum Gasteiger partial charge on any atom is -0.392 e. The van der Waals surface area contributed by atoms with E-state index in [0.717, 1.165) is 6.42 Å². The van der Waals surface area contributed by atoms with Gasteiger partial charge in [0, 0.05) is 0 Å². The van der Waals surface area contributed by atoms with Crippen molar-refractivity contribution in [2.24, 2.45) is 0 Å². The number of allylic oxidation sites excluding steroid dienone is 5. The SMILES string of the molecule is CCCCCCC=CC=CC#CC#CC=CCO. The molecule has 0 atom stereocenters. The quantitative estimate of drug-likeness (QED) is 0.410. The molecule has 96 valence electrons. The van der Waals surface area contributed by atoms with Gasteiger partial charge in [-0.25, -0.2) is 0 Å². The molecular weight excluding hydrogens is 220 g/mol. The van der Waals surface area contributed by atoms with Crippen LogP contribution in [0.5, 0.6) is 0 Å². The van der Waals surface area contributed by atoms with Crippen LogP contribution in [-0.2, 0) is 0 Å². The van der Waals surface area contributed by atoms with Crippen molar-refractivity contribution in [2.45, 2.75) is 39.0 Å². The molecule has 0 aromatic heterocycles. The number of hydrogen-bond donors (Lipinski definition) is 1. The Morgan fingerprint density at radius 2 is 1.67 bits per heavy atom. The maximum Gasteiger partial charge on any atom is 0.0621 e. The van der Waals surface area contributed by atoms with Crippen LogP contribution in [0, 0.1) is 23.7 Å². The number of unbranched alkanes of at least 4 members (excludes halogenated alkanes) is 4. The number of hydrogen-bond acceptors (Lipinski definition) is 1. The van der Waals surface area contributed by atoms with Crippen molar-refractivity contribution in [2.75, 3.05) is 6.61 Å². The molecular formula is C17H22O. The minimum absolute atomic E-state index is 0.0189. The Morgan fingerprint density at radius 3 is 2.39 bits per heavy atom. The zero-order chi connectivity index (χ0) is 13.3. The molecule has 0 aliphatic rings. The summed E-state index contributed by atoms with van der Waals surface area (Å²) >= 11 is 0. The first kappa shape index (κ1) is 16.3. The minimum atomic E-state index is 0.0189. The van der Waals surface area contributed by atoms with E-state index in [1.807, 2.05) is 12.2 Å². The molecule has 0 spiro atoms. The van der Waals surface area contributed by atoms with Crippen LogP contribution < -0.4 is 0 Å². The van der Waals surface area contributed by atoms with E-state index in [2.05, 4.69) is 36.7 Å². The summed E-state index contributed by atoms with van der Waals surface area (Å²) in [6.45, 7) is 2.24. The maximum atomic E-state index is 8.45. The lowest BCUT2D eigenvalue weighted by molar-refractivity contribution is 0.343. The van der Waals surface area contributed by atoms with Crippen LogP contribution in [0.4, 0.5) is 0 Å². The van der Waals surface area contributed by atoms with Crippen molar-refractivity contribution >= 4 is 0 Å². The Labute approximate surface area is 111 Å². The molecule has 18 heavy (non-hydrogen) atoms.